The van der Waals surface area contributed by atoms with Gasteiger partial charge in [-0.15, -0.1) is 0 Å². The molecule has 23 heavy (non-hydrogen) atoms. The standard InChI is InChI=1S/C19H22O4/c1-4-19(2,3)18(21)23-12-11-22-17(20)16-10-9-14-7-5-6-8-15(14)13-16/h5-10,13H,4,11-12H2,1-3H3. The fourth-order valence-corrected chi connectivity index (χ4v) is 2.01. The van der Waals surface area contributed by atoms with E-state index in [1.54, 1.807) is 12.1 Å². The summed E-state index contributed by atoms with van der Waals surface area (Å²) < 4.78 is 10.3. The van der Waals surface area contributed by atoms with Crippen LogP contribution in [0.5, 0.6) is 0 Å². The van der Waals surface area contributed by atoms with Crippen molar-refractivity contribution < 1.29 is 19.1 Å². The van der Waals surface area contributed by atoms with E-state index in [4.69, 9.17) is 9.47 Å². The van der Waals surface area contributed by atoms with E-state index in [1.807, 2.05) is 51.1 Å². The maximum absolute atomic E-state index is 12.0. The molecular weight excluding hydrogens is 292 g/mol. The molecular formula is C19H22O4. The highest BCUT2D eigenvalue weighted by Gasteiger charge is 2.26. The fourth-order valence-electron chi connectivity index (χ4n) is 2.01. The summed E-state index contributed by atoms with van der Waals surface area (Å²) in [7, 11) is 0. The van der Waals surface area contributed by atoms with E-state index in [9.17, 15) is 9.59 Å². The minimum absolute atomic E-state index is 0.0528. The summed E-state index contributed by atoms with van der Waals surface area (Å²) in [6.07, 6.45) is 0.697. The van der Waals surface area contributed by atoms with Gasteiger partial charge in [-0.25, -0.2) is 4.79 Å². The van der Waals surface area contributed by atoms with Crippen LogP contribution < -0.4 is 0 Å². The predicted molar refractivity (Wildman–Crippen MR) is 89.3 cm³/mol. The van der Waals surface area contributed by atoms with Crippen LogP contribution in [0.4, 0.5) is 0 Å². The van der Waals surface area contributed by atoms with Crippen molar-refractivity contribution in [2.45, 2.75) is 27.2 Å². The third-order valence-corrected chi connectivity index (χ3v) is 3.97. The Morgan fingerprint density at radius 1 is 0.957 bits per heavy atom. The smallest absolute Gasteiger partial charge is 0.338 e. The number of hydrogen-bond acceptors (Lipinski definition) is 4. The van der Waals surface area contributed by atoms with E-state index in [0.717, 1.165) is 10.8 Å². The normalized spacial score (nSPS) is 11.3. The maximum atomic E-state index is 12.0. The van der Waals surface area contributed by atoms with E-state index in [2.05, 4.69) is 0 Å². The van der Waals surface area contributed by atoms with Crippen LogP contribution >= 0.6 is 0 Å². The number of benzene rings is 2. The minimum Gasteiger partial charge on any atom is -0.462 e. The van der Waals surface area contributed by atoms with Crippen molar-refractivity contribution in [2.75, 3.05) is 13.2 Å². The summed E-state index contributed by atoms with van der Waals surface area (Å²) in [5, 5.41) is 2.05. The zero-order valence-electron chi connectivity index (χ0n) is 13.8. The Morgan fingerprint density at radius 2 is 1.61 bits per heavy atom. The van der Waals surface area contributed by atoms with Gasteiger partial charge in [0, 0.05) is 0 Å². The molecule has 122 valence electrons. The second-order valence-electron chi connectivity index (χ2n) is 6.07. The molecule has 0 atom stereocenters. The van der Waals surface area contributed by atoms with Gasteiger partial charge in [0.05, 0.1) is 11.0 Å². The zero-order chi connectivity index (χ0) is 16.9. The number of hydrogen-bond donors (Lipinski definition) is 0. The number of fused-ring (bicyclic) bond motifs is 1. The van der Waals surface area contributed by atoms with Crippen LogP contribution in [-0.4, -0.2) is 25.2 Å². The molecule has 0 N–H and O–H groups in total. The Labute approximate surface area is 136 Å². The molecule has 4 heteroatoms. The van der Waals surface area contributed by atoms with Crippen LogP contribution in [0.15, 0.2) is 42.5 Å². The van der Waals surface area contributed by atoms with Crippen molar-refractivity contribution in [2.24, 2.45) is 5.41 Å². The van der Waals surface area contributed by atoms with Crippen LogP contribution in [0.3, 0.4) is 0 Å². The van der Waals surface area contributed by atoms with Crippen LogP contribution in [0, 0.1) is 5.41 Å². The number of rotatable bonds is 6. The molecule has 4 nitrogen and oxygen atoms in total. The molecule has 0 fully saturated rings. The first-order valence-corrected chi connectivity index (χ1v) is 7.77. The summed E-state index contributed by atoms with van der Waals surface area (Å²) in [5.74, 6) is -0.691. The summed E-state index contributed by atoms with van der Waals surface area (Å²) in [6, 6.07) is 13.2. The predicted octanol–water partition coefficient (Wildman–Crippen LogP) is 3.98. The highest BCUT2D eigenvalue weighted by atomic mass is 16.6. The summed E-state index contributed by atoms with van der Waals surface area (Å²) in [4.78, 5) is 23.8. The molecule has 2 aromatic rings. The lowest BCUT2D eigenvalue weighted by molar-refractivity contribution is -0.155. The van der Waals surface area contributed by atoms with E-state index in [1.165, 1.54) is 0 Å². The van der Waals surface area contributed by atoms with Gasteiger partial charge < -0.3 is 9.47 Å². The van der Waals surface area contributed by atoms with Crippen LogP contribution in [0.1, 0.15) is 37.6 Å². The van der Waals surface area contributed by atoms with Crippen molar-refractivity contribution in [1.29, 1.82) is 0 Å². The van der Waals surface area contributed by atoms with E-state index >= 15 is 0 Å². The summed E-state index contributed by atoms with van der Waals surface area (Å²) >= 11 is 0. The number of carbonyl (C=O) groups is 2. The molecule has 2 aromatic carbocycles. The Bertz CT molecular complexity index is 703. The Morgan fingerprint density at radius 3 is 2.30 bits per heavy atom. The highest BCUT2D eigenvalue weighted by Crippen LogP contribution is 2.21. The van der Waals surface area contributed by atoms with Crippen LogP contribution in [0.2, 0.25) is 0 Å². The molecule has 0 saturated carbocycles. The first kappa shape index (κ1) is 17.0. The lowest BCUT2D eigenvalue weighted by Crippen LogP contribution is -2.27. The Balaban J connectivity index is 1.86. The number of carbonyl (C=O) groups excluding carboxylic acids is 2. The molecule has 0 aliphatic rings. The van der Waals surface area contributed by atoms with E-state index < -0.39 is 11.4 Å². The molecule has 0 heterocycles. The van der Waals surface area contributed by atoms with Crippen LogP contribution in [-0.2, 0) is 14.3 Å². The van der Waals surface area contributed by atoms with E-state index in [-0.39, 0.29) is 19.2 Å². The lowest BCUT2D eigenvalue weighted by atomic mass is 9.91. The summed E-state index contributed by atoms with van der Waals surface area (Å²) in [5.41, 5.74) is -0.0218. The van der Waals surface area contributed by atoms with Gasteiger partial charge in [-0.3, -0.25) is 4.79 Å². The third kappa shape index (κ3) is 4.31. The maximum Gasteiger partial charge on any atom is 0.338 e. The van der Waals surface area contributed by atoms with Gasteiger partial charge in [0.15, 0.2) is 0 Å². The van der Waals surface area contributed by atoms with Gasteiger partial charge in [-0.2, -0.15) is 0 Å². The zero-order valence-corrected chi connectivity index (χ0v) is 13.8. The molecule has 0 radical (unpaired) electrons. The molecule has 2 rings (SSSR count). The molecule has 0 spiro atoms. The monoisotopic (exact) mass is 314 g/mol. The largest absolute Gasteiger partial charge is 0.462 e. The Kier molecular flexibility index (Phi) is 5.37. The third-order valence-electron chi connectivity index (χ3n) is 3.97. The number of ether oxygens (including phenoxy) is 2. The van der Waals surface area contributed by atoms with Gasteiger partial charge >= 0.3 is 11.9 Å². The van der Waals surface area contributed by atoms with Crippen molar-refractivity contribution in [1.82, 2.24) is 0 Å². The van der Waals surface area contributed by atoms with Crippen molar-refractivity contribution >= 4 is 22.7 Å². The second kappa shape index (κ2) is 7.27. The topological polar surface area (TPSA) is 52.6 Å². The van der Waals surface area contributed by atoms with Crippen molar-refractivity contribution in [3.8, 4) is 0 Å². The van der Waals surface area contributed by atoms with Gasteiger partial charge in [0.25, 0.3) is 0 Å². The molecule has 0 aliphatic carbocycles. The van der Waals surface area contributed by atoms with Gasteiger partial charge in [0.1, 0.15) is 13.2 Å². The number of esters is 2. The molecule has 0 bridgehead atoms. The fraction of sp³-hybridized carbons (Fsp3) is 0.368. The molecule has 0 saturated heterocycles. The second-order valence-corrected chi connectivity index (χ2v) is 6.07. The first-order valence-electron chi connectivity index (χ1n) is 7.77. The van der Waals surface area contributed by atoms with Crippen molar-refractivity contribution in [3.63, 3.8) is 0 Å². The molecule has 0 aromatic heterocycles. The van der Waals surface area contributed by atoms with Crippen LogP contribution in [0.25, 0.3) is 10.8 Å². The lowest BCUT2D eigenvalue weighted by Gasteiger charge is -2.20. The SMILES string of the molecule is CCC(C)(C)C(=O)OCCOC(=O)c1ccc2ccccc2c1. The molecule has 0 aliphatic heterocycles. The van der Waals surface area contributed by atoms with E-state index in [0.29, 0.717) is 12.0 Å². The van der Waals surface area contributed by atoms with Gasteiger partial charge in [-0.1, -0.05) is 37.3 Å². The average Bonchev–Trinajstić information content (AvgIpc) is 2.57. The average molecular weight is 314 g/mol. The van der Waals surface area contributed by atoms with Gasteiger partial charge in [-0.05, 0) is 43.2 Å². The minimum atomic E-state index is -0.512. The first-order chi connectivity index (χ1) is 10.9. The van der Waals surface area contributed by atoms with Crippen molar-refractivity contribution in [3.05, 3.63) is 48.0 Å². The highest BCUT2D eigenvalue weighted by molar-refractivity contribution is 5.95. The van der Waals surface area contributed by atoms with Gasteiger partial charge in [0.2, 0.25) is 0 Å². The molecule has 0 unspecified atom stereocenters. The summed E-state index contributed by atoms with van der Waals surface area (Å²) in [6.45, 7) is 5.71. The Hall–Kier alpha value is -2.36. The molecule has 0 amide bonds. The quantitative estimate of drug-likeness (QED) is 0.598.